The van der Waals surface area contributed by atoms with Crippen molar-refractivity contribution in [1.29, 1.82) is 5.26 Å². The summed E-state index contributed by atoms with van der Waals surface area (Å²) in [7, 11) is 0. The van der Waals surface area contributed by atoms with Gasteiger partial charge in [-0.1, -0.05) is 6.92 Å². The summed E-state index contributed by atoms with van der Waals surface area (Å²) in [5.74, 6) is 1.36. The second-order valence-corrected chi connectivity index (χ2v) is 4.86. The summed E-state index contributed by atoms with van der Waals surface area (Å²) in [4.78, 5) is 11.0. The number of nitrogens with one attached hydrogen (secondary N) is 2. The fourth-order valence-electron chi connectivity index (χ4n) is 2.30. The van der Waals surface area contributed by atoms with Gasteiger partial charge < -0.3 is 15.0 Å². The third-order valence-corrected chi connectivity index (χ3v) is 3.33. The molecule has 0 spiro atoms. The molecule has 3 heterocycles. The molecule has 2 N–H and O–H groups in total. The highest BCUT2D eigenvalue weighted by molar-refractivity contribution is 5.87. The Hall–Kier alpha value is -2.40. The zero-order valence-electron chi connectivity index (χ0n) is 11.8. The molecule has 110 valence electrons. The predicted octanol–water partition coefficient (Wildman–Crippen LogP) is 0.904. The Labute approximate surface area is 122 Å². The lowest BCUT2D eigenvalue weighted by Crippen LogP contribution is -2.42. The van der Waals surface area contributed by atoms with Crippen molar-refractivity contribution < 1.29 is 4.74 Å². The molecule has 1 aliphatic heterocycles. The number of hydrogen-bond donors (Lipinski definition) is 2. The number of morpholine rings is 1. The number of anilines is 2. The van der Waals surface area contributed by atoms with Crippen LogP contribution in [0.4, 0.5) is 11.8 Å². The highest BCUT2D eigenvalue weighted by Gasteiger charge is 2.24. The van der Waals surface area contributed by atoms with E-state index in [1.165, 1.54) is 0 Å². The van der Waals surface area contributed by atoms with Gasteiger partial charge >= 0.3 is 0 Å². The number of nitriles is 1. The van der Waals surface area contributed by atoms with Crippen LogP contribution in [-0.2, 0) is 4.74 Å². The summed E-state index contributed by atoms with van der Waals surface area (Å²) >= 11 is 0. The number of ether oxygens (including phenoxy) is 1. The molecule has 0 bridgehead atoms. The highest BCUT2D eigenvalue weighted by atomic mass is 16.5. The molecule has 0 aliphatic carbocycles. The molecule has 21 heavy (non-hydrogen) atoms. The summed E-state index contributed by atoms with van der Waals surface area (Å²) in [6.07, 6.45) is 2.28. The van der Waals surface area contributed by atoms with E-state index < -0.39 is 6.10 Å². The molecular weight excluding hydrogens is 270 g/mol. The van der Waals surface area contributed by atoms with Gasteiger partial charge in [-0.3, -0.25) is 5.10 Å². The maximum atomic E-state index is 9.03. The fraction of sp³-hybridized carbons (Fsp3) is 0.538. The lowest BCUT2D eigenvalue weighted by Gasteiger charge is -2.31. The van der Waals surface area contributed by atoms with E-state index in [1.807, 2.05) is 4.90 Å². The Morgan fingerprint density at radius 1 is 1.57 bits per heavy atom. The van der Waals surface area contributed by atoms with Crippen molar-refractivity contribution in [2.24, 2.45) is 0 Å². The van der Waals surface area contributed by atoms with Crippen LogP contribution in [0.1, 0.15) is 13.3 Å². The Kier molecular flexibility index (Phi) is 3.83. The molecular formula is C13H17N7O. The van der Waals surface area contributed by atoms with Crippen LogP contribution < -0.4 is 10.2 Å². The first kappa shape index (κ1) is 13.6. The molecule has 1 aliphatic rings. The zero-order valence-corrected chi connectivity index (χ0v) is 11.8. The average Bonchev–Trinajstić information content (AvgIpc) is 3.00. The molecule has 2 aromatic heterocycles. The number of fused-ring (bicyclic) bond motifs is 1. The first-order valence-corrected chi connectivity index (χ1v) is 7.03. The molecule has 8 heteroatoms. The minimum atomic E-state index is -0.428. The third-order valence-electron chi connectivity index (χ3n) is 3.33. The molecule has 0 aromatic carbocycles. The van der Waals surface area contributed by atoms with Gasteiger partial charge in [0.2, 0.25) is 5.95 Å². The van der Waals surface area contributed by atoms with Crippen molar-refractivity contribution in [1.82, 2.24) is 20.2 Å². The fourth-order valence-corrected chi connectivity index (χ4v) is 2.30. The van der Waals surface area contributed by atoms with E-state index in [1.54, 1.807) is 6.20 Å². The standard InChI is InChI=1S/C13H17N7O/c1-2-3-15-13-17-11-10(7-16-19-11)12(18-13)20-4-5-21-9(6-14)8-20/h7,9H,2-5,8H2,1H3,(H2,15,16,17,18,19). The maximum Gasteiger partial charge on any atom is 0.226 e. The minimum absolute atomic E-state index is 0.428. The van der Waals surface area contributed by atoms with E-state index in [4.69, 9.17) is 10.00 Å². The summed E-state index contributed by atoms with van der Waals surface area (Å²) < 4.78 is 5.38. The van der Waals surface area contributed by atoms with Gasteiger partial charge in [-0.25, -0.2) is 0 Å². The van der Waals surface area contributed by atoms with E-state index in [0.717, 1.165) is 24.2 Å². The molecule has 3 rings (SSSR count). The van der Waals surface area contributed by atoms with Crippen LogP contribution in [0.2, 0.25) is 0 Å². The summed E-state index contributed by atoms with van der Waals surface area (Å²) in [5.41, 5.74) is 0.693. The van der Waals surface area contributed by atoms with E-state index in [-0.39, 0.29) is 0 Å². The third kappa shape index (κ3) is 2.73. The second-order valence-electron chi connectivity index (χ2n) is 4.86. The van der Waals surface area contributed by atoms with Crippen LogP contribution in [0.5, 0.6) is 0 Å². The monoisotopic (exact) mass is 287 g/mol. The van der Waals surface area contributed by atoms with Crippen molar-refractivity contribution in [3.05, 3.63) is 6.20 Å². The van der Waals surface area contributed by atoms with Gasteiger partial charge in [0, 0.05) is 13.1 Å². The maximum absolute atomic E-state index is 9.03. The predicted molar refractivity (Wildman–Crippen MR) is 78.0 cm³/mol. The van der Waals surface area contributed by atoms with Crippen molar-refractivity contribution >= 4 is 22.8 Å². The number of aromatic amines is 1. The summed E-state index contributed by atoms with van der Waals surface area (Å²) in [5, 5.41) is 20.0. The van der Waals surface area contributed by atoms with Crippen LogP contribution >= 0.6 is 0 Å². The molecule has 1 saturated heterocycles. The lowest BCUT2D eigenvalue weighted by molar-refractivity contribution is 0.0762. The Morgan fingerprint density at radius 2 is 2.48 bits per heavy atom. The van der Waals surface area contributed by atoms with Gasteiger partial charge in [-0.15, -0.1) is 0 Å². The lowest BCUT2D eigenvalue weighted by atomic mass is 10.2. The van der Waals surface area contributed by atoms with Crippen molar-refractivity contribution in [2.75, 3.05) is 36.5 Å². The summed E-state index contributed by atoms with van der Waals surface area (Å²) in [6, 6.07) is 2.15. The first-order chi connectivity index (χ1) is 10.3. The van der Waals surface area contributed by atoms with Crippen LogP contribution in [0.25, 0.3) is 11.0 Å². The minimum Gasteiger partial charge on any atom is -0.360 e. The average molecular weight is 287 g/mol. The van der Waals surface area contributed by atoms with Gasteiger partial charge in [0.05, 0.1) is 30.8 Å². The van der Waals surface area contributed by atoms with E-state index in [9.17, 15) is 0 Å². The molecule has 8 nitrogen and oxygen atoms in total. The van der Waals surface area contributed by atoms with Gasteiger partial charge in [0.1, 0.15) is 5.82 Å². The summed E-state index contributed by atoms with van der Waals surface area (Å²) in [6.45, 7) is 4.61. The number of rotatable bonds is 4. The van der Waals surface area contributed by atoms with E-state index >= 15 is 0 Å². The Balaban J connectivity index is 1.95. The highest BCUT2D eigenvalue weighted by Crippen LogP contribution is 2.25. The zero-order chi connectivity index (χ0) is 14.7. The molecule has 1 fully saturated rings. The van der Waals surface area contributed by atoms with Crippen LogP contribution in [0.15, 0.2) is 6.20 Å². The molecule has 2 aromatic rings. The van der Waals surface area contributed by atoms with Gasteiger partial charge in [0.15, 0.2) is 11.8 Å². The number of H-pyrrole nitrogens is 1. The normalized spacial score (nSPS) is 18.7. The first-order valence-electron chi connectivity index (χ1n) is 7.03. The van der Waals surface area contributed by atoms with Crippen LogP contribution in [0, 0.1) is 11.3 Å². The van der Waals surface area contributed by atoms with Gasteiger partial charge in [-0.05, 0) is 6.42 Å². The van der Waals surface area contributed by atoms with Crippen LogP contribution in [0.3, 0.4) is 0 Å². The number of aromatic nitrogens is 4. The molecule has 1 unspecified atom stereocenters. The number of nitrogens with zero attached hydrogens (tertiary/aromatic N) is 5. The number of hydrogen-bond acceptors (Lipinski definition) is 7. The quantitative estimate of drug-likeness (QED) is 0.861. The molecule has 0 radical (unpaired) electrons. The smallest absolute Gasteiger partial charge is 0.226 e. The largest absolute Gasteiger partial charge is 0.360 e. The van der Waals surface area contributed by atoms with Crippen LogP contribution in [-0.4, -0.2) is 52.5 Å². The van der Waals surface area contributed by atoms with Gasteiger partial charge in [0.25, 0.3) is 0 Å². The van der Waals surface area contributed by atoms with E-state index in [0.29, 0.717) is 31.3 Å². The topological polar surface area (TPSA) is 103 Å². The van der Waals surface area contributed by atoms with Crippen molar-refractivity contribution in [3.63, 3.8) is 0 Å². The molecule has 0 amide bonds. The molecule has 0 saturated carbocycles. The van der Waals surface area contributed by atoms with E-state index in [2.05, 4.69) is 38.5 Å². The Bertz CT molecular complexity index is 662. The Morgan fingerprint density at radius 3 is 3.29 bits per heavy atom. The second kappa shape index (κ2) is 5.93. The SMILES string of the molecule is CCCNc1nc(N2CCOC(C#N)C2)c2cn[nH]c2n1. The van der Waals surface area contributed by atoms with Crippen molar-refractivity contribution in [3.8, 4) is 6.07 Å². The molecule has 1 atom stereocenters. The van der Waals surface area contributed by atoms with Crippen molar-refractivity contribution in [2.45, 2.75) is 19.4 Å². The van der Waals surface area contributed by atoms with Gasteiger partial charge in [-0.2, -0.15) is 20.3 Å².